The third-order valence-electron chi connectivity index (χ3n) is 2.74. The molecule has 0 aliphatic carbocycles. The van der Waals surface area contributed by atoms with Crippen molar-refractivity contribution in [2.75, 3.05) is 0 Å². The number of halogens is 3. The maximum Gasteiger partial charge on any atom is 0.209 e. The lowest BCUT2D eigenvalue weighted by molar-refractivity contribution is 0.0861. The Hall–Kier alpha value is -0.840. The molecule has 0 aromatic heterocycles. The first-order chi connectivity index (χ1) is 7.33. The molecular formula is C11H11BrF2O2. The maximum absolute atomic E-state index is 13.6. The van der Waals surface area contributed by atoms with Gasteiger partial charge in [-0.15, -0.1) is 0 Å². The van der Waals surface area contributed by atoms with E-state index < -0.39 is 23.0 Å². The molecular weight excluding hydrogens is 282 g/mol. The molecule has 88 valence electrons. The zero-order valence-corrected chi connectivity index (χ0v) is 10.4. The van der Waals surface area contributed by atoms with Crippen molar-refractivity contribution >= 4 is 15.9 Å². The van der Waals surface area contributed by atoms with Gasteiger partial charge >= 0.3 is 0 Å². The molecule has 0 fully saturated rings. The first-order valence-electron chi connectivity index (χ1n) is 4.86. The van der Waals surface area contributed by atoms with Crippen molar-refractivity contribution < 1.29 is 18.6 Å². The van der Waals surface area contributed by atoms with Gasteiger partial charge in [-0.05, 0) is 26.3 Å². The third-order valence-corrected chi connectivity index (χ3v) is 4.17. The lowest BCUT2D eigenvalue weighted by Gasteiger charge is -2.37. The Bertz CT molecular complexity index is 446. The molecule has 0 spiro atoms. The third kappa shape index (κ3) is 1.67. The summed E-state index contributed by atoms with van der Waals surface area (Å²) in [6, 6.07) is 1.11. The van der Waals surface area contributed by atoms with Crippen molar-refractivity contribution in [1.82, 2.24) is 0 Å². The van der Waals surface area contributed by atoms with Gasteiger partial charge in [-0.1, -0.05) is 15.9 Å². The zero-order chi connectivity index (χ0) is 12.1. The Kier molecular flexibility index (Phi) is 2.61. The van der Waals surface area contributed by atoms with E-state index in [4.69, 9.17) is 9.84 Å². The monoisotopic (exact) mass is 292 g/mol. The van der Waals surface area contributed by atoms with Crippen LogP contribution in [0, 0.1) is 11.6 Å². The number of hydrogen-bond acceptors (Lipinski definition) is 2. The summed E-state index contributed by atoms with van der Waals surface area (Å²) in [4.78, 5) is -0.0316. The van der Waals surface area contributed by atoms with Gasteiger partial charge in [-0.25, -0.2) is 4.39 Å². The smallest absolute Gasteiger partial charge is 0.209 e. The number of benzene rings is 1. The highest BCUT2D eigenvalue weighted by Gasteiger charge is 2.38. The van der Waals surface area contributed by atoms with Crippen LogP contribution in [0.25, 0.3) is 0 Å². The van der Waals surface area contributed by atoms with E-state index in [1.165, 1.54) is 0 Å². The first-order valence-corrected chi connectivity index (χ1v) is 5.77. The zero-order valence-electron chi connectivity index (χ0n) is 8.85. The molecule has 1 unspecified atom stereocenters. The van der Waals surface area contributed by atoms with Crippen molar-refractivity contribution in [2.24, 2.45) is 0 Å². The predicted octanol–water partition coefficient (Wildman–Crippen LogP) is 3.15. The van der Waals surface area contributed by atoms with Crippen LogP contribution in [0.4, 0.5) is 8.78 Å². The summed E-state index contributed by atoms with van der Waals surface area (Å²) in [5, 5.41) is 9.16. The highest BCUT2D eigenvalue weighted by atomic mass is 79.9. The number of phenolic OH excluding ortho intramolecular Hbond substituents is 1. The van der Waals surface area contributed by atoms with Gasteiger partial charge in [-0.2, -0.15) is 4.39 Å². The highest BCUT2D eigenvalue weighted by molar-refractivity contribution is 9.09. The lowest BCUT2D eigenvalue weighted by Crippen LogP contribution is -2.43. The SMILES string of the molecule is CC1(C)Oc2c(cc(F)c(O)c2F)CC1Br. The number of ether oxygens (including phenoxy) is 1. The number of rotatable bonds is 0. The van der Waals surface area contributed by atoms with Gasteiger partial charge in [0.15, 0.2) is 17.3 Å². The van der Waals surface area contributed by atoms with Crippen LogP contribution in [-0.2, 0) is 6.42 Å². The summed E-state index contributed by atoms with van der Waals surface area (Å²) < 4.78 is 32.2. The second-order valence-electron chi connectivity index (χ2n) is 4.39. The van der Waals surface area contributed by atoms with Gasteiger partial charge in [0.2, 0.25) is 5.82 Å². The van der Waals surface area contributed by atoms with Crippen LogP contribution in [-0.4, -0.2) is 15.5 Å². The van der Waals surface area contributed by atoms with Crippen LogP contribution in [0.2, 0.25) is 0 Å². The number of phenols is 1. The fourth-order valence-corrected chi connectivity index (χ4v) is 2.11. The molecule has 0 amide bonds. The fourth-order valence-electron chi connectivity index (χ4n) is 1.67. The normalized spacial score (nSPS) is 22.4. The van der Waals surface area contributed by atoms with E-state index in [1.54, 1.807) is 13.8 Å². The van der Waals surface area contributed by atoms with Crippen LogP contribution in [0.3, 0.4) is 0 Å². The molecule has 2 rings (SSSR count). The summed E-state index contributed by atoms with van der Waals surface area (Å²) in [7, 11) is 0. The number of alkyl halides is 1. The van der Waals surface area contributed by atoms with E-state index in [0.717, 1.165) is 6.07 Å². The lowest BCUT2D eigenvalue weighted by atomic mass is 9.94. The molecule has 0 radical (unpaired) electrons. The molecule has 0 bridgehead atoms. The molecule has 1 aromatic rings. The Balaban J connectivity index is 2.57. The van der Waals surface area contributed by atoms with Gasteiger partial charge in [0, 0.05) is 5.56 Å². The Morgan fingerprint density at radius 2 is 2.12 bits per heavy atom. The quantitative estimate of drug-likeness (QED) is 0.745. The molecule has 1 aromatic carbocycles. The topological polar surface area (TPSA) is 29.5 Å². The molecule has 0 saturated carbocycles. The molecule has 16 heavy (non-hydrogen) atoms. The van der Waals surface area contributed by atoms with Crippen molar-refractivity contribution in [1.29, 1.82) is 0 Å². The molecule has 1 atom stereocenters. The summed E-state index contributed by atoms with van der Waals surface area (Å²) >= 11 is 3.41. The standard InChI is InChI=1S/C11H11BrF2O2/c1-11(2)7(12)4-5-3-6(13)9(15)8(14)10(5)16-11/h3,7,15H,4H2,1-2H3. The van der Waals surface area contributed by atoms with E-state index >= 15 is 0 Å². The summed E-state index contributed by atoms with van der Waals surface area (Å²) in [5.74, 6) is -3.02. The van der Waals surface area contributed by atoms with Crippen LogP contribution >= 0.6 is 15.9 Å². The van der Waals surface area contributed by atoms with Crippen molar-refractivity contribution in [3.63, 3.8) is 0 Å². The second kappa shape index (κ2) is 3.58. The summed E-state index contributed by atoms with van der Waals surface area (Å²) in [6.45, 7) is 3.60. The fraction of sp³-hybridized carbons (Fsp3) is 0.455. The average Bonchev–Trinajstić information content (AvgIpc) is 2.19. The second-order valence-corrected chi connectivity index (χ2v) is 5.49. The van der Waals surface area contributed by atoms with Gasteiger partial charge < -0.3 is 9.84 Å². The number of aromatic hydroxyl groups is 1. The molecule has 1 aliphatic heterocycles. The summed E-state index contributed by atoms with van der Waals surface area (Å²) in [6.07, 6.45) is 0.455. The van der Waals surface area contributed by atoms with Crippen LogP contribution in [0.5, 0.6) is 11.5 Å². The number of hydrogen-bond donors (Lipinski definition) is 1. The van der Waals surface area contributed by atoms with Gasteiger partial charge in [-0.3, -0.25) is 0 Å². The van der Waals surface area contributed by atoms with Crippen molar-refractivity contribution in [2.45, 2.75) is 30.7 Å². The largest absolute Gasteiger partial charge is 0.503 e. The van der Waals surface area contributed by atoms with Gasteiger partial charge in [0.1, 0.15) is 5.60 Å². The van der Waals surface area contributed by atoms with E-state index in [1.807, 2.05) is 0 Å². The molecule has 2 nitrogen and oxygen atoms in total. The first kappa shape index (κ1) is 11.6. The molecule has 1 N–H and O–H groups in total. The minimum Gasteiger partial charge on any atom is -0.503 e. The van der Waals surface area contributed by atoms with Crippen LogP contribution in [0.1, 0.15) is 19.4 Å². The van der Waals surface area contributed by atoms with Crippen molar-refractivity contribution in [3.05, 3.63) is 23.3 Å². The van der Waals surface area contributed by atoms with Gasteiger partial charge in [0.05, 0.1) is 4.83 Å². The highest BCUT2D eigenvalue weighted by Crippen LogP contribution is 2.41. The Morgan fingerprint density at radius 1 is 1.50 bits per heavy atom. The Labute approximate surface area is 100 Å². The van der Waals surface area contributed by atoms with Gasteiger partial charge in [0.25, 0.3) is 0 Å². The average molecular weight is 293 g/mol. The van der Waals surface area contributed by atoms with Crippen LogP contribution < -0.4 is 4.74 Å². The van der Waals surface area contributed by atoms with E-state index in [-0.39, 0.29) is 10.6 Å². The minimum atomic E-state index is -1.03. The molecule has 1 heterocycles. The predicted molar refractivity (Wildman–Crippen MR) is 59.1 cm³/mol. The molecule has 5 heteroatoms. The van der Waals surface area contributed by atoms with E-state index in [9.17, 15) is 8.78 Å². The van der Waals surface area contributed by atoms with E-state index in [2.05, 4.69) is 15.9 Å². The summed E-state index contributed by atoms with van der Waals surface area (Å²) in [5.41, 5.74) is -0.174. The van der Waals surface area contributed by atoms with E-state index in [0.29, 0.717) is 12.0 Å². The van der Waals surface area contributed by atoms with Crippen LogP contribution in [0.15, 0.2) is 6.07 Å². The molecule has 0 saturated heterocycles. The maximum atomic E-state index is 13.6. The molecule has 1 aliphatic rings. The minimum absolute atomic E-state index is 0.0316. The van der Waals surface area contributed by atoms with Crippen molar-refractivity contribution in [3.8, 4) is 11.5 Å². The Morgan fingerprint density at radius 3 is 2.75 bits per heavy atom. The number of fused-ring (bicyclic) bond motifs is 1.